The summed E-state index contributed by atoms with van der Waals surface area (Å²) < 4.78 is 10.9. The summed E-state index contributed by atoms with van der Waals surface area (Å²) in [5.41, 5.74) is 0.834. The van der Waals surface area contributed by atoms with Gasteiger partial charge in [0.25, 0.3) is 11.8 Å². The molecule has 1 atom stereocenters. The van der Waals surface area contributed by atoms with Crippen LogP contribution in [0.5, 0.6) is 5.75 Å². The molecule has 0 saturated heterocycles. The van der Waals surface area contributed by atoms with Crippen molar-refractivity contribution < 1.29 is 19.1 Å². The van der Waals surface area contributed by atoms with Crippen molar-refractivity contribution in [3.8, 4) is 5.75 Å². The number of nitrogens with one attached hydrogen (secondary N) is 2. The predicted molar refractivity (Wildman–Crippen MR) is 118 cm³/mol. The van der Waals surface area contributed by atoms with Crippen LogP contribution in [0.2, 0.25) is 0 Å². The zero-order valence-electron chi connectivity index (χ0n) is 17.2. The van der Waals surface area contributed by atoms with E-state index in [1.54, 1.807) is 31.4 Å². The molecule has 2 amide bonds. The highest BCUT2D eigenvalue weighted by Gasteiger charge is 2.21. The lowest BCUT2D eigenvalue weighted by Gasteiger charge is -2.19. The highest BCUT2D eigenvalue weighted by Crippen LogP contribution is 2.23. The van der Waals surface area contributed by atoms with Gasteiger partial charge in [-0.3, -0.25) is 9.59 Å². The van der Waals surface area contributed by atoms with Gasteiger partial charge in [0, 0.05) is 13.7 Å². The van der Waals surface area contributed by atoms with Gasteiger partial charge >= 0.3 is 0 Å². The summed E-state index contributed by atoms with van der Waals surface area (Å²) in [6.07, 6.45) is -0.198. The van der Waals surface area contributed by atoms with Crippen molar-refractivity contribution in [3.63, 3.8) is 0 Å². The Hall–Kier alpha value is -3.38. The molecule has 156 valence electrons. The SMILES string of the molecule is CCC(Oc1ccc2ccccc2c1)C(=O)Nc1ccccc1C(=O)NCCOC. The monoisotopic (exact) mass is 406 g/mol. The van der Waals surface area contributed by atoms with E-state index in [0.717, 1.165) is 10.8 Å². The number of ether oxygens (including phenoxy) is 2. The van der Waals surface area contributed by atoms with Gasteiger partial charge in [0.15, 0.2) is 6.10 Å². The number of fused-ring (bicyclic) bond motifs is 1. The Kier molecular flexibility index (Phi) is 7.40. The fourth-order valence-corrected chi connectivity index (χ4v) is 3.09. The molecule has 30 heavy (non-hydrogen) atoms. The first-order chi connectivity index (χ1) is 14.6. The van der Waals surface area contributed by atoms with Gasteiger partial charge in [0.2, 0.25) is 0 Å². The van der Waals surface area contributed by atoms with Gasteiger partial charge in [-0.25, -0.2) is 0 Å². The Bertz CT molecular complexity index is 1020. The molecule has 3 aromatic rings. The molecule has 0 fully saturated rings. The molecule has 0 saturated carbocycles. The summed E-state index contributed by atoms with van der Waals surface area (Å²) in [7, 11) is 1.57. The van der Waals surface area contributed by atoms with E-state index in [2.05, 4.69) is 10.6 Å². The average Bonchev–Trinajstić information content (AvgIpc) is 2.77. The van der Waals surface area contributed by atoms with Crippen molar-refractivity contribution in [2.75, 3.05) is 25.6 Å². The third-order valence-electron chi connectivity index (χ3n) is 4.68. The lowest BCUT2D eigenvalue weighted by molar-refractivity contribution is -0.122. The van der Waals surface area contributed by atoms with Gasteiger partial charge < -0.3 is 20.1 Å². The van der Waals surface area contributed by atoms with E-state index in [-0.39, 0.29) is 11.8 Å². The number of para-hydroxylation sites is 1. The van der Waals surface area contributed by atoms with Gasteiger partial charge in [-0.15, -0.1) is 0 Å². The second-order valence-corrected chi connectivity index (χ2v) is 6.81. The van der Waals surface area contributed by atoms with Crippen LogP contribution in [-0.4, -0.2) is 38.2 Å². The number of carbonyl (C=O) groups excluding carboxylic acids is 2. The molecule has 0 aliphatic carbocycles. The molecule has 0 radical (unpaired) electrons. The topological polar surface area (TPSA) is 76.7 Å². The smallest absolute Gasteiger partial charge is 0.265 e. The summed E-state index contributed by atoms with van der Waals surface area (Å²) in [5.74, 6) is 0.0514. The summed E-state index contributed by atoms with van der Waals surface area (Å²) in [4.78, 5) is 25.3. The third kappa shape index (κ3) is 5.36. The van der Waals surface area contributed by atoms with Crippen LogP contribution in [0.3, 0.4) is 0 Å². The molecule has 6 heteroatoms. The molecule has 2 N–H and O–H groups in total. The number of rotatable bonds is 9. The maximum atomic E-state index is 12.9. The largest absolute Gasteiger partial charge is 0.481 e. The van der Waals surface area contributed by atoms with E-state index in [1.165, 1.54) is 0 Å². The minimum Gasteiger partial charge on any atom is -0.481 e. The first kappa shape index (κ1) is 21.3. The third-order valence-corrected chi connectivity index (χ3v) is 4.68. The summed E-state index contributed by atoms with van der Waals surface area (Å²) in [6.45, 7) is 2.69. The number of hydrogen-bond acceptors (Lipinski definition) is 4. The minimum absolute atomic E-state index is 0.272. The van der Waals surface area contributed by atoms with Crippen LogP contribution in [-0.2, 0) is 9.53 Å². The zero-order valence-corrected chi connectivity index (χ0v) is 17.2. The number of hydrogen-bond donors (Lipinski definition) is 2. The summed E-state index contributed by atoms with van der Waals surface area (Å²) in [6, 6.07) is 20.6. The second kappa shape index (κ2) is 10.4. The Morgan fingerprint density at radius 3 is 2.47 bits per heavy atom. The van der Waals surface area contributed by atoms with Crippen LogP contribution in [0.4, 0.5) is 5.69 Å². The summed E-state index contributed by atoms with van der Waals surface area (Å²) >= 11 is 0. The van der Waals surface area contributed by atoms with E-state index in [1.807, 2.05) is 49.4 Å². The van der Waals surface area contributed by atoms with E-state index >= 15 is 0 Å². The maximum absolute atomic E-state index is 12.9. The molecule has 3 rings (SSSR count). The number of benzene rings is 3. The van der Waals surface area contributed by atoms with Crippen molar-refractivity contribution in [2.45, 2.75) is 19.4 Å². The van der Waals surface area contributed by atoms with E-state index in [9.17, 15) is 9.59 Å². The standard InChI is InChI=1S/C24H26N2O4/c1-3-22(30-19-13-12-17-8-4-5-9-18(17)16-19)24(28)26-21-11-7-6-10-20(21)23(27)25-14-15-29-2/h4-13,16,22H,3,14-15H2,1-2H3,(H,25,27)(H,26,28). The quantitative estimate of drug-likeness (QED) is 0.527. The van der Waals surface area contributed by atoms with Gasteiger partial charge in [-0.2, -0.15) is 0 Å². The lowest BCUT2D eigenvalue weighted by Crippen LogP contribution is -2.34. The molecular formula is C24H26N2O4. The summed E-state index contributed by atoms with van der Waals surface area (Å²) in [5, 5.41) is 7.75. The molecule has 3 aromatic carbocycles. The Morgan fingerprint density at radius 2 is 1.70 bits per heavy atom. The molecule has 0 aliphatic rings. The molecule has 0 aromatic heterocycles. The first-order valence-electron chi connectivity index (χ1n) is 9.95. The number of amides is 2. The van der Waals surface area contributed by atoms with Crippen LogP contribution in [0.25, 0.3) is 10.8 Å². The van der Waals surface area contributed by atoms with Gasteiger partial charge in [0.1, 0.15) is 5.75 Å². The van der Waals surface area contributed by atoms with Crippen LogP contribution in [0.15, 0.2) is 66.7 Å². The molecule has 0 spiro atoms. The number of anilines is 1. The highest BCUT2D eigenvalue weighted by molar-refractivity contribution is 6.04. The maximum Gasteiger partial charge on any atom is 0.265 e. The molecule has 0 heterocycles. The second-order valence-electron chi connectivity index (χ2n) is 6.81. The molecule has 1 unspecified atom stereocenters. The van der Waals surface area contributed by atoms with E-state index in [0.29, 0.717) is 36.6 Å². The van der Waals surface area contributed by atoms with Crippen LogP contribution >= 0.6 is 0 Å². The van der Waals surface area contributed by atoms with Crippen molar-refractivity contribution in [1.29, 1.82) is 0 Å². The Labute approximate surface area is 176 Å². The average molecular weight is 406 g/mol. The zero-order chi connectivity index (χ0) is 21.3. The molecular weight excluding hydrogens is 380 g/mol. The van der Waals surface area contributed by atoms with E-state index in [4.69, 9.17) is 9.47 Å². The number of carbonyl (C=O) groups is 2. The number of methoxy groups -OCH3 is 1. The molecule has 6 nitrogen and oxygen atoms in total. The molecule has 0 aliphatic heterocycles. The normalized spacial score (nSPS) is 11.7. The van der Waals surface area contributed by atoms with Crippen LogP contribution in [0, 0.1) is 0 Å². The van der Waals surface area contributed by atoms with Crippen molar-refractivity contribution >= 4 is 28.3 Å². The first-order valence-corrected chi connectivity index (χ1v) is 9.95. The fraction of sp³-hybridized carbons (Fsp3) is 0.250. The fourth-order valence-electron chi connectivity index (χ4n) is 3.09. The highest BCUT2D eigenvalue weighted by atomic mass is 16.5. The van der Waals surface area contributed by atoms with Crippen molar-refractivity contribution in [3.05, 3.63) is 72.3 Å². The Balaban J connectivity index is 1.71. The van der Waals surface area contributed by atoms with Gasteiger partial charge in [-0.1, -0.05) is 49.4 Å². The van der Waals surface area contributed by atoms with Crippen LogP contribution in [0.1, 0.15) is 23.7 Å². The van der Waals surface area contributed by atoms with Gasteiger partial charge in [0.05, 0.1) is 17.9 Å². The molecule has 0 bridgehead atoms. The van der Waals surface area contributed by atoms with Crippen molar-refractivity contribution in [2.24, 2.45) is 0 Å². The van der Waals surface area contributed by atoms with E-state index < -0.39 is 6.10 Å². The van der Waals surface area contributed by atoms with Crippen molar-refractivity contribution in [1.82, 2.24) is 5.32 Å². The lowest BCUT2D eigenvalue weighted by atomic mass is 10.1. The van der Waals surface area contributed by atoms with Gasteiger partial charge in [-0.05, 0) is 41.5 Å². The van der Waals surface area contributed by atoms with Crippen LogP contribution < -0.4 is 15.4 Å². The minimum atomic E-state index is -0.684. The Morgan fingerprint density at radius 1 is 0.967 bits per heavy atom. The predicted octanol–water partition coefficient (Wildman–Crippen LogP) is 4.01.